The number of hydrogen-bond acceptors (Lipinski definition) is 3. The monoisotopic (exact) mass is 250 g/mol. The van der Waals surface area contributed by atoms with Crippen LogP contribution in [-0.4, -0.2) is 37.1 Å². The first kappa shape index (κ1) is 14.0. The second-order valence-electron chi connectivity index (χ2n) is 4.03. The minimum atomic E-state index is -1.10. The Morgan fingerprint density at radius 3 is 2.56 bits per heavy atom. The molecule has 2 N–H and O–H groups in total. The predicted octanol–water partition coefficient (Wildman–Crippen LogP) is 1.10. The van der Waals surface area contributed by atoms with E-state index in [0.29, 0.717) is 6.54 Å². The number of anilines is 1. The quantitative estimate of drug-likeness (QED) is 0.561. The maximum Gasteiger partial charge on any atom is 0.312 e. The van der Waals surface area contributed by atoms with Crippen molar-refractivity contribution in [3.05, 3.63) is 30.3 Å². The first-order chi connectivity index (χ1) is 8.59. The van der Waals surface area contributed by atoms with Gasteiger partial charge >= 0.3 is 5.97 Å². The smallest absolute Gasteiger partial charge is 0.312 e. The molecule has 1 aromatic carbocycles. The van der Waals surface area contributed by atoms with Gasteiger partial charge in [-0.15, -0.1) is 0 Å². The fraction of sp³-hybridized carbons (Fsp3) is 0.385. The van der Waals surface area contributed by atoms with Crippen LogP contribution in [0.4, 0.5) is 5.69 Å². The van der Waals surface area contributed by atoms with E-state index < -0.39 is 18.3 Å². The van der Waals surface area contributed by atoms with Gasteiger partial charge in [-0.05, 0) is 18.6 Å². The summed E-state index contributed by atoms with van der Waals surface area (Å²) in [5, 5.41) is 11.0. The average Bonchev–Trinajstić information content (AvgIpc) is 2.34. The third-order valence-electron chi connectivity index (χ3n) is 2.50. The minimum Gasteiger partial charge on any atom is -0.481 e. The van der Waals surface area contributed by atoms with Gasteiger partial charge in [0.25, 0.3) is 0 Å². The molecule has 0 aliphatic rings. The van der Waals surface area contributed by atoms with Crippen molar-refractivity contribution < 1.29 is 14.7 Å². The van der Waals surface area contributed by atoms with Crippen LogP contribution in [0.15, 0.2) is 30.3 Å². The molecule has 0 unspecified atom stereocenters. The van der Waals surface area contributed by atoms with Crippen LogP contribution in [0.25, 0.3) is 0 Å². The molecule has 1 amide bonds. The van der Waals surface area contributed by atoms with Crippen LogP contribution in [0.3, 0.4) is 0 Å². The molecular formula is C13H18N2O3. The number of amides is 1. The highest BCUT2D eigenvalue weighted by molar-refractivity contribution is 5.93. The summed E-state index contributed by atoms with van der Waals surface area (Å²) in [6, 6.07) is 9.94. The van der Waals surface area contributed by atoms with Crippen molar-refractivity contribution in [1.82, 2.24) is 5.32 Å². The number of carboxylic acid groups (broad SMARTS) is 1. The third kappa shape index (κ3) is 5.34. The van der Waals surface area contributed by atoms with E-state index in [2.05, 4.69) is 10.2 Å². The van der Waals surface area contributed by atoms with Crippen molar-refractivity contribution in [3.8, 4) is 0 Å². The van der Waals surface area contributed by atoms with Crippen molar-refractivity contribution in [2.75, 3.05) is 25.0 Å². The molecular weight excluding hydrogens is 232 g/mol. The Kier molecular flexibility index (Phi) is 5.70. The fourth-order valence-corrected chi connectivity index (χ4v) is 1.56. The number of carbonyl (C=O) groups is 2. The Balaban J connectivity index is 2.18. The zero-order valence-electron chi connectivity index (χ0n) is 10.4. The van der Waals surface area contributed by atoms with Gasteiger partial charge in [-0.3, -0.25) is 9.59 Å². The lowest BCUT2D eigenvalue weighted by molar-refractivity contribution is -0.140. The SMILES string of the molecule is CN(CCCNC(=O)CC(=O)O)c1ccccc1. The van der Waals surface area contributed by atoms with Crippen LogP contribution in [0.1, 0.15) is 12.8 Å². The Hall–Kier alpha value is -2.04. The number of aliphatic carboxylic acids is 1. The van der Waals surface area contributed by atoms with Crippen LogP contribution in [0.2, 0.25) is 0 Å². The number of nitrogens with one attached hydrogen (secondary N) is 1. The van der Waals surface area contributed by atoms with Crippen molar-refractivity contribution in [2.24, 2.45) is 0 Å². The second kappa shape index (κ2) is 7.32. The van der Waals surface area contributed by atoms with Gasteiger partial charge in [-0.2, -0.15) is 0 Å². The summed E-state index contributed by atoms with van der Waals surface area (Å²) in [5.74, 6) is -1.54. The first-order valence-corrected chi connectivity index (χ1v) is 5.84. The largest absolute Gasteiger partial charge is 0.481 e. The van der Waals surface area contributed by atoms with Crippen molar-refractivity contribution in [3.63, 3.8) is 0 Å². The molecule has 0 aromatic heterocycles. The van der Waals surface area contributed by atoms with Crippen LogP contribution in [-0.2, 0) is 9.59 Å². The Labute approximate surface area is 106 Å². The van der Waals surface area contributed by atoms with Gasteiger partial charge in [-0.25, -0.2) is 0 Å². The van der Waals surface area contributed by atoms with Crippen LogP contribution in [0.5, 0.6) is 0 Å². The molecule has 1 aromatic rings. The van der Waals surface area contributed by atoms with E-state index in [-0.39, 0.29) is 0 Å². The Morgan fingerprint density at radius 1 is 1.28 bits per heavy atom. The molecule has 18 heavy (non-hydrogen) atoms. The van der Waals surface area contributed by atoms with E-state index in [1.165, 1.54) is 0 Å². The van der Waals surface area contributed by atoms with E-state index in [1.807, 2.05) is 37.4 Å². The standard InChI is InChI=1S/C13H18N2O3/c1-15(11-6-3-2-4-7-11)9-5-8-14-12(16)10-13(17)18/h2-4,6-7H,5,8-10H2,1H3,(H,14,16)(H,17,18). The second-order valence-corrected chi connectivity index (χ2v) is 4.03. The normalized spacial score (nSPS) is 9.83. The van der Waals surface area contributed by atoms with E-state index in [9.17, 15) is 9.59 Å². The Bertz CT molecular complexity index is 392. The van der Waals surface area contributed by atoms with Crippen LogP contribution < -0.4 is 10.2 Å². The van der Waals surface area contributed by atoms with Crippen molar-refractivity contribution in [1.29, 1.82) is 0 Å². The first-order valence-electron chi connectivity index (χ1n) is 5.84. The fourth-order valence-electron chi connectivity index (χ4n) is 1.56. The summed E-state index contributed by atoms with van der Waals surface area (Å²) < 4.78 is 0. The van der Waals surface area contributed by atoms with Crippen LogP contribution in [0, 0.1) is 0 Å². The maximum absolute atomic E-state index is 11.1. The minimum absolute atomic E-state index is 0.440. The molecule has 0 aliphatic carbocycles. The summed E-state index contributed by atoms with van der Waals surface area (Å²) in [7, 11) is 1.98. The number of para-hydroxylation sites is 1. The highest BCUT2D eigenvalue weighted by Crippen LogP contribution is 2.10. The summed E-state index contributed by atoms with van der Waals surface area (Å²) in [4.78, 5) is 23.4. The highest BCUT2D eigenvalue weighted by Gasteiger charge is 2.06. The predicted molar refractivity (Wildman–Crippen MR) is 69.6 cm³/mol. The molecule has 0 heterocycles. The molecule has 98 valence electrons. The number of carbonyl (C=O) groups excluding carboxylic acids is 1. The van der Waals surface area contributed by atoms with E-state index in [4.69, 9.17) is 5.11 Å². The van der Waals surface area contributed by atoms with Gasteiger partial charge in [0.1, 0.15) is 6.42 Å². The van der Waals surface area contributed by atoms with E-state index >= 15 is 0 Å². The summed E-state index contributed by atoms with van der Waals surface area (Å²) in [5.41, 5.74) is 1.12. The number of hydrogen-bond donors (Lipinski definition) is 2. The van der Waals surface area contributed by atoms with Gasteiger partial charge in [-0.1, -0.05) is 18.2 Å². The van der Waals surface area contributed by atoms with E-state index in [1.54, 1.807) is 0 Å². The van der Waals surface area contributed by atoms with Gasteiger partial charge < -0.3 is 15.3 Å². The molecule has 0 saturated heterocycles. The molecule has 0 fully saturated rings. The van der Waals surface area contributed by atoms with Crippen LogP contribution >= 0.6 is 0 Å². The highest BCUT2D eigenvalue weighted by atomic mass is 16.4. The van der Waals surface area contributed by atoms with Gasteiger partial charge in [0.15, 0.2) is 0 Å². The molecule has 5 heteroatoms. The number of benzene rings is 1. The summed E-state index contributed by atoms with van der Waals surface area (Å²) in [6.45, 7) is 1.29. The van der Waals surface area contributed by atoms with Gasteiger partial charge in [0.05, 0.1) is 0 Å². The number of nitrogens with zero attached hydrogens (tertiary/aromatic N) is 1. The average molecular weight is 250 g/mol. The van der Waals surface area contributed by atoms with Gasteiger partial charge in [0.2, 0.25) is 5.91 Å². The molecule has 0 atom stereocenters. The zero-order chi connectivity index (χ0) is 13.4. The summed E-state index contributed by atoms with van der Waals surface area (Å²) in [6.07, 6.45) is 0.311. The summed E-state index contributed by atoms with van der Waals surface area (Å²) >= 11 is 0. The topological polar surface area (TPSA) is 69.6 Å². The molecule has 0 bridgehead atoms. The third-order valence-corrected chi connectivity index (χ3v) is 2.50. The zero-order valence-corrected chi connectivity index (χ0v) is 10.4. The number of carboxylic acids is 1. The van der Waals surface area contributed by atoms with Crippen molar-refractivity contribution in [2.45, 2.75) is 12.8 Å². The molecule has 5 nitrogen and oxygen atoms in total. The molecule has 0 radical (unpaired) electrons. The molecule has 0 spiro atoms. The molecule has 1 rings (SSSR count). The van der Waals surface area contributed by atoms with Crippen molar-refractivity contribution >= 4 is 17.6 Å². The molecule has 0 saturated carbocycles. The number of rotatable bonds is 7. The lowest BCUT2D eigenvalue weighted by atomic mass is 10.3. The Morgan fingerprint density at radius 2 is 1.94 bits per heavy atom. The van der Waals surface area contributed by atoms with E-state index in [0.717, 1.165) is 18.7 Å². The van der Waals surface area contributed by atoms with Gasteiger partial charge in [0, 0.05) is 25.8 Å². The lowest BCUT2D eigenvalue weighted by Crippen LogP contribution is -2.29. The maximum atomic E-state index is 11.1. The molecule has 0 aliphatic heterocycles. The lowest BCUT2D eigenvalue weighted by Gasteiger charge is -2.19.